The molecule has 154 valence electrons. The number of rotatable bonds is 4. The van der Waals surface area contributed by atoms with Crippen LogP contribution in [-0.4, -0.2) is 23.4 Å². The monoisotopic (exact) mass is 409 g/mol. The Morgan fingerprint density at radius 1 is 0.935 bits per heavy atom. The third-order valence-corrected chi connectivity index (χ3v) is 6.13. The van der Waals surface area contributed by atoms with Gasteiger partial charge in [-0.25, -0.2) is 4.79 Å². The Kier molecular flexibility index (Phi) is 4.91. The molecule has 1 aromatic heterocycles. The zero-order valence-corrected chi connectivity index (χ0v) is 17.4. The van der Waals surface area contributed by atoms with Crippen molar-refractivity contribution in [3.8, 4) is 11.1 Å². The Morgan fingerprint density at radius 3 is 2.52 bits per heavy atom. The van der Waals surface area contributed by atoms with E-state index in [4.69, 9.17) is 4.74 Å². The summed E-state index contributed by atoms with van der Waals surface area (Å²) >= 11 is 0. The summed E-state index contributed by atoms with van der Waals surface area (Å²) in [4.78, 5) is 25.4. The summed E-state index contributed by atoms with van der Waals surface area (Å²) in [5.74, 6) is -0.300. The summed E-state index contributed by atoms with van der Waals surface area (Å²) in [7, 11) is 1.38. The van der Waals surface area contributed by atoms with Gasteiger partial charge in [0.2, 0.25) is 0 Å². The van der Waals surface area contributed by atoms with Crippen molar-refractivity contribution in [1.82, 2.24) is 4.57 Å². The van der Waals surface area contributed by atoms with Gasteiger partial charge in [-0.05, 0) is 41.7 Å². The molecule has 31 heavy (non-hydrogen) atoms. The number of nitrogens with zero attached hydrogens (tertiary/aromatic N) is 1. The molecule has 4 heteroatoms. The predicted molar refractivity (Wildman–Crippen MR) is 122 cm³/mol. The van der Waals surface area contributed by atoms with Crippen LogP contribution in [0.1, 0.15) is 44.8 Å². The standard InChI is InChI=1S/C27H23NO3/c1-31-27(30)21-13-7-14-22-25(21)26-23(15-8-16-24(26)29)28(22)17-19-11-5-6-12-20(19)18-9-3-2-4-10-18/h2-7,9-14H,8,15-17H2,1H3. The largest absolute Gasteiger partial charge is 0.465 e. The zero-order chi connectivity index (χ0) is 21.4. The van der Waals surface area contributed by atoms with Crippen LogP contribution < -0.4 is 0 Å². The first-order chi connectivity index (χ1) is 15.2. The first-order valence-electron chi connectivity index (χ1n) is 10.6. The number of ketones is 1. The maximum Gasteiger partial charge on any atom is 0.338 e. The maximum absolute atomic E-state index is 13.0. The van der Waals surface area contributed by atoms with Crippen LogP contribution in [0, 0.1) is 0 Å². The van der Waals surface area contributed by atoms with Crippen molar-refractivity contribution in [3.63, 3.8) is 0 Å². The van der Waals surface area contributed by atoms with Crippen LogP contribution in [0.4, 0.5) is 0 Å². The van der Waals surface area contributed by atoms with Crippen LogP contribution in [-0.2, 0) is 17.7 Å². The highest BCUT2D eigenvalue weighted by Gasteiger charge is 2.29. The van der Waals surface area contributed by atoms with Crippen molar-refractivity contribution in [3.05, 3.63) is 95.2 Å². The lowest BCUT2D eigenvalue weighted by Gasteiger charge is -2.17. The van der Waals surface area contributed by atoms with Gasteiger partial charge in [-0.15, -0.1) is 0 Å². The minimum atomic E-state index is -0.409. The number of fused-ring (bicyclic) bond motifs is 3. The van der Waals surface area contributed by atoms with Gasteiger partial charge in [-0.3, -0.25) is 4.79 Å². The molecule has 3 aromatic carbocycles. The third-order valence-electron chi connectivity index (χ3n) is 6.13. The minimum Gasteiger partial charge on any atom is -0.465 e. The smallest absolute Gasteiger partial charge is 0.338 e. The van der Waals surface area contributed by atoms with E-state index in [0.717, 1.165) is 35.0 Å². The van der Waals surface area contributed by atoms with Crippen molar-refractivity contribution in [2.45, 2.75) is 25.8 Å². The number of ether oxygens (including phenoxy) is 1. The van der Waals surface area contributed by atoms with Gasteiger partial charge in [0.15, 0.2) is 5.78 Å². The van der Waals surface area contributed by atoms with Crippen LogP contribution in [0.5, 0.6) is 0 Å². The first-order valence-corrected chi connectivity index (χ1v) is 10.6. The fourth-order valence-corrected chi connectivity index (χ4v) is 4.74. The number of carbonyl (C=O) groups excluding carboxylic acids is 2. The molecule has 0 radical (unpaired) electrons. The third kappa shape index (κ3) is 3.25. The second kappa shape index (κ2) is 7.88. The van der Waals surface area contributed by atoms with Gasteiger partial charge in [0.1, 0.15) is 0 Å². The van der Waals surface area contributed by atoms with E-state index < -0.39 is 5.97 Å². The quantitative estimate of drug-likeness (QED) is 0.409. The van der Waals surface area contributed by atoms with Crippen molar-refractivity contribution in [1.29, 1.82) is 0 Å². The minimum absolute atomic E-state index is 0.109. The highest BCUT2D eigenvalue weighted by Crippen LogP contribution is 2.36. The Labute approximate surface area is 181 Å². The van der Waals surface area contributed by atoms with Crippen LogP contribution in [0.2, 0.25) is 0 Å². The van der Waals surface area contributed by atoms with Crippen LogP contribution in [0.25, 0.3) is 22.0 Å². The van der Waals surface area contributed by atoms with Gasteiger partial charge < -0.3 is 9.30 Å². The van der Waals surface area contributed by atoms with E-state index in [1.54, 1.807) is 6.07 Å². The van der Waals surface area contributed by atoms with Crippen LogP contribution in [0.3, 0.4) is 0 Å². The highest BCUT2D eigenvalue weighted by atomic mass is 16.5. The number of hydrogen-bond donors (Lipinski definition) is 0. The molecule has 4 nitrogen and oxygen atoms in total. The lowest BCUT2D eigenvalue weighted by molar-refractivity contribution is 0.0603. The molecule has 0 bridgehead atoms. The summed E-state index contributed by atoms with van der Waals surface area (Å²) in [6.45, 7) is 0.634. The van der Waals surface area contributed by atoms with Crippen molar-refractivity contribution in [2.75, 3.05) is 7.11 Å². The normalized spacial score (nSPS) is 13.3. The van der Waals surface area contributed by atoms with Gasteiger partial charge in [0.25, 0.3) is 0 Å². The molecule has 0 saturated carbocycles. The predicted octanol–water partition coefficient (Wildman–Crippen LogP) is 5.66. The fourth-order valence-electron chi connectivity index (χ4n) is 4.74. The van der Waals surface area contributed by atoms with E-state index in [-0.39, 0.29) is 5.78 Å². The first kappa shape index (κ1) is 19.3. The lowest BCUT2D eigenvalue weighted by Crippen LogP contribution is -2.14. The summed E-state index contributed by atoms with van der Waals surface area (Å²) in [5.41, 5.74) is 6.59. The van der Waals surface area contributed by atoms with Crippen molar-refractivity contribution < 1.29 is 14.3 Å². The number of aromatic nitrogens is 1. The van der Waals surface area contributed by atoms with Gasteiger partial charge in [0.05, 0.1) is 18.2 Å². The molecule has 0 spiro atoms. The van der Waals surface area contributed by atoms with Crippen LogP contribution in [0.15, 0.2) is 72.8 Å². The molecule has 0 saturated heterocycles. The number of esters is 1. The van der Waals surface area contributed by atoms with E-state index in [0.29, 0.717) is 24.1 Å². The Hall–Kier alpha value is -3.66. The maximum atomic E-state index is 13.0. The molecule has 5 rings (SSSR count). The summed E-state index contributed by atoms with van der Waals surface area (Å²) in [5, 5.41) is 0.728. The summed E-state index contributed by atoms with van der Waals surface area (Å²) in [6, 6.07) is 24.3. The molecule has 0 amide bonds. The molecule has 1 aliphatic carbocycles. The molecule has 0 N–H and O–H groups in total. The topological polar surface area (TPSA) is 48.3 Å². The van der Waals surface area contributed by atoms with Gasteiger partial charge in [0, 0.05) is 29.6 Å². The Bertz CT molecular complexity index is 1300. The average Bonchev–Trinajstić information content (AvgIpc) is 3.14. The second-order valence-electron chi connectivity index (χ2n) is 7.90. The summed E-state index contributed by atoms with van der Waals surface area (Å²) < 4.78 is 7.23. The number of methoxy groups -OCH3 is 1. The average molecular weight is 409 g/mol. The second-order valence-corrected chi connectivity index (χ2v) is 7.90. The van der Waals surface area contributed by atoms with Crippen molar-refractivity contribution >= 4 is 22.7 Å². The zero-order valence-electron chi connectivity index (χ0n) is 17.4. The molecular weight excluding hydrogens is 386 g/mol. The Balaban J connectivity index is 1.73. The van der Waals surface area contributed by atoms with Gasteiger partial charge in [-0.2, -0.15) is 0 Å². The molecule has 0 fully saturated rings. The van der Waals surface area contributed by atoms with Gasteiger partial charge in [-0.1, -0.05) is 60.7 Å². The molecule has 0 unspecified atom stereocenters. The van der Waals surface area contributed by atoms with Gasteiger partial charge >= 0.3 is 5.97 Å². The molecule has 1 aliphatic rings. The molecule has 4 aromatic rings. The lowest BCUT2D eigenvalue weighted by atomic mass is 9.92. The number of Topliss-reactive ketones (excluding diaryl/α,β-unsaturated/α-hetero) is 1. The SMILES string of the molecule is COC(=O)c1cccc2c1c1c(n2Cc2ccccc2-c2ccccc2)CCCC1=O. The van der Waals surface area contributed by atoms with E-state index >= 15 is 0 Å². The van der Waals surface area contributed by atoms with E-state index in [1.807, 2.05) is 42.5 Å². The molecule has 0 aliphatic heterocycles. The van der Waals surface area contributed by atoms with Crippen LogP contribution >= 0.6 is 0 Å². The van der Waals surface area contributed by atoms with E-state index in [2.05, 4.69) is 28.8 Å². The van der Waals surface area contributed by atoms with E-state index in [9.17, 15) is 9.59 Å². The number of carbonyl (C=O) groups is 2. The number of hydrogen-bond acceptors (Lipinski definition) is 3. The summed E-state index contributed by atoms with van der Waals surface area (Å²) in [6.07, 6.45) is 2.17. The Morgan fingerprint density at radius 2 is 1.71 bits per heavy atom. The van der Waals surface area contributed by atoms with E-state index in [1.165, 1.54) is 18.2 Å². The fraction of sp³-hybridized carbons (Fsp3) is 0.185. The molecule has 1 heterocycles. The molecule has 0 atom stereocenters. The number of benzene rings is 3. The molecular formula is C27H23NO3. The van der Waals surface area contributed by atoms with Crippen molar-refractivity contribution in [2.24, 2.45) is 0 Å². The highest BCUT2D eigenvalue weighted by molar-refractivity contribution is 6.16.